The summed E-state index contributed by atoms with van der Waals surface area (Å²) in [6.07, 6.45) is 0. The molecule has 0 spiro atoms. The zero-order chi connectivity index (χ0) is 19.8. The zero-order valence-corrected chi connectivity index (χ0v) is 17.3. The average Bonchev–Trinajstić information content (AvgIpc) is 2.66. The fourth-order valence-electron chi connectivity index (χ4n) is 3.60. The van der Waals surface area contributed by atoms with E-state index in [0.29, 0.717) is 19.6 Å². The molecule has 1 fully saturated rings. The van der Waals surface area contributed by atoms with Crippen molar-refractivity contribution in [3.05, 3.63) is 29.8 Å². The Hall–Kier alpha value is -1.92. The minimum atomic E-state index is 0.138. The van der Waals surface area contributed by atoms with E-state index in [1.807, 2.05) is 61.8 Å². The lowest BCUT2D eigenvalue weighted by Crippen LogP contribution is -2.52. The van der Waals surface area contributed by atoms with Gasteiger partial charge in [0.05, 0.1) is 13.1 Å². The molecule has 6 nitrogen and oxygen atoms in total. The van der Waals surface area contributed by atoms with Crippen molar-refractivity contribution in [1.82, 2.24) is 14.7 Å². The summed E-state index contributed by atoms with van der Waals surface area (Å²) in [5, 5.41) is 0. The number of para-hydroxylation sites is 1. The van der Waals surface area contributed by atoms with Crippen LogP contribution in [0.4, 0.5) is 5.69 Å². The second-order valence-electron chi connectivity index (χ2n) is 7.04. The molecule has 0 aromatic heterocycles. The van der Waals surface area contributed by atoms with E-state index < -0.39 is 0 Å². The van der Waals surface area contributed by atoms with Crippen molar-refractivity contribution in [3.8, 4) is 0 Å². The van der Waals surface area contributed by atoms with Crippen LogP contribution in [0.5, 0.6) is 0 Å². The number of aryl methyl sites for hydroxylation is 1. The molecule has 0 atom stereocenters. The topological polar surface area (TPSA) is 47.1 Å². The summed E-state index contributed by atoms with van der Waals surface area (Å²) in [5.74, 6) is 0.334. The van der Waals surface area contributed by atoms with Crippen LogP contribution in [0.2, 0.25) is 0 Å². The van der Waals surface area contributed by atoms with Gasteiger partial charge in [0, 0.05) is 51.5 Å². The van der Waals surface area contributed by atoms with Gasteiger partial charge in [0.25, 0.3) is 0 Å². The normalized spacial score (nSPS) is 15.6. The van der Waals surface area contributed by atoms with Crippen LogP contribution in [-0.4, -0.2) is 85.4 Å². The molecule has 0 saturated carbocycles. The number of nitrogens with zero attached hydrogens (tertiary/aromatic N) is 4. The Balaban J connectivity index is 1.85. The number of likely N-dealkylation sites (N-methyl/N-ethyl adjacent to an activating group) is 2. The molecule has 0 N–H and O–H groups in total. The molecule has 2 amide bonds. The number of piperazine rings is 1. The molecule has 150 valence electrons. The van der Waals surface area contributed by atoms with E-state index >= 15 is 0 Å². The Morgan fingerprint density at radius 3 is 1.85 bits per heavy atom. The molecule has 0 aliphatic carbocycles. The lowest BCUT2D eigenvalue weighted by Gasteiger charge is -2.35. The fraction of sp³-hybridized carbons (Fsp3) is 0.619. The minimum absolute atomic E-state index is 0.138. The van der Waals surface area contributed by atoms with Gasteiger partial charge in [0.2, 0.25) is 11.8 Å². The van der Waals surface area contributed by atoms with Crippen molar-refractivity contribution in [2.75, 3.05) is 63.8 Å². The molecule has 1 aliphatic heterocycles. The van der Waals surface area contributed by atoms with Gasteiger partial charge in [-0.15, -0.1) is 0 Å². The van der Waals surface area contributed by atoms with Gasteiger partial charge in [-0.3, -0.25) is 19.4 Å². The predicted octanol–water partition coefficient (Wildman–Crippen LogP) is 1.83. The molecular weight excluding hydrogens is 340 g/mol. The Kier molecular flexibility index (Phi) is 8.25. The summed E-state index contributed by atoms with van der Waals surface area (Å²) in [5.41, 5.74) is 2.11. The number of carbonyl (C=O) groups excluding carboxylic acids is 2. The second-order valence-corrected chi connectivity index (χ2v) is 7.04. The van der Waals surface area contributed by atoms with Gasteiger partial charge in [-0.05, 0) is 39.3 Å². The van der Waals surface area contributed by atoms with E-state index in [1.54, 1.807) is 0 Å². The van der Waals surface area contributed by atoms with Gasteiger partial charge < -0.3 is 9.80 Å². The number of amides is 2. The molecule has 0 bridgehead atoms. The highest BCUT2D eigenvalue weighted by Gasteiger charge is 2.24. The molecule has 0 radical (unpaired) electrons. The monoisotopic (exact) mass is 374 g/mol. The largest absolute Gasteiger partial charge is 0.342 e. The molecule has 27 heavy (non-hydrogen) atoms. The highest BCUT2D eigenvalue weighted by atomic mass is 16.2. The van der Waals surface area contributed by atoms with Crippen molar-refractivity contribution in [2.24, 2.45) is 0 Å². The molecule has 6 heteroatoms. The Labute approximate surface area is 163 Å². The van der Waals surface area contributed by atoms with Crippen molar-refractivity contribution >= 4 is 17.5 Å². The van der Waals surface area contributed by atoms with E-state index in [9.17, 15) is 9.59 Å². The summed E-state index contributed by atoms with van der Waals surface area (Å²) in [6.45, 7) is 14.5. The third kappa shape index (κ3) is 5.78. The first-order valence-electron chi connectivity index (χ1n) is 10.1. The highest BCUT2D eigenvalue weighted by Crippen LogP contribution is 2.19. The van der Waals surface area contributed by atoms with Gasteiger partial charge in [-0.1, -0.05) is 18.2 Å². The maximum absolute atomic E-state index is 12.8. The summed E-state index contributed by atoms with van der Waals surface area (Å²) in [4.78, 5) is 33.2. The van der Waals surface area contributed by atoms with Crippen molar-refractivity contribution in [1.29, 1.82) is 0 Å². The molecule has 1 aliphatic rings. The lowest BCUT2D eigenvalue weighted by atomic mass is 10.1. The number of hydrogen-bond acceptors (Lipinski definition) is 4. The predicted molar refractivity (Wildman–Crippen MR) is 110 cm³/mol. The molecular formula is C21H34N4O2. The van der Waals surface area contributed by atoms with Crippen LogP contribution in [0, 0.1) is 6.92 Å². The maximum Gasteiger partial charge on any atom is 0.241 e. The van der Waals surface area contributed by atoms with E-state index in [-0.39, 0.29) is 11.8 Å². The van der Waals surface area contributed by atoms with Crippen LogP contribution in [0.25, 0.3) is 0 Å². The van der Waals surface area contributed by atoms with E-state index in [4.69, 9.17) is 0 Å². The van der Waals surface area contributed by atoms with Gasteiger partial charge in [-0.25, -0.2) is 0 Å². The van der Waals surface area contributed by atoms with Crippen LogP contribution in [0.15, 0.2) is 24.3 Å². The maximum atomic E-state index is 12.8. The van der Waals surface area contributed by atoms with E-state index in [2.05, 4.69) is 9.80 Å². The fourth-order valence-corrected chi connectivity index (χ4v) is 3.60. The molecule has 1 aromatic carbocycles. The summed E-state index contributed by atoms with van der Waals surface area (Å²) in [6, 6.07) is 8.02. The third-order valence-corrected chi connectivity index (χ3v) is 5.32. The first kappa shape index (κ1) is 21.4. The second kappa shape index (κ2) is 10.4. The van der Waals surface area contributed by atoms with Gasteiger partial charge >= 0.3 is 0 Å². The minimum Gasteiger partial charge on any atom is -0.342 e. The molecule has 1 aromatic rings. The lowest BCUT2D eigenvalue weighted by molar-refractivity contribution is -0.132. The van der Waals surface area contributed by atoms with Crippen LogP contribution < -0.4 is 4.90 Å². The smallest absolute Gasteiger partial charge is 0.241 e. The number of anilines is 1. The summed E-state index contributed by atoms with van der Waals surface area (Å²) < 4.78 is 0. The van der Waals surface area contributed by atoms with Crippen molar-refractivity contribution < 1.29 is 9.59 Å². The zero-order valence-electron chi connectivity index (χ0n) is 17.3. The van der Waals surface area contributed by atoms with Crippen LogP contribution in [0.1, 0.15) is 26.3 Å². The van der Waals surface area contributed by atoms with Crippen LogP contribution >= 0.6 is 0 Å². The Morgan fingerprint density at radius 2 is 1.37 bits per heavy atom. The molecule has 2 rings (SSSR count). The van der Waals surface area contributed by atoms with Crippen LogP contribution in [-0.2, 0) is 9.59 Å². The highest BCUT2D eigenvalue weighted by molar-refractivity contribution is 5.95. The summed E-state index contributed by atoms with van der Waals surface area (Å²) >= 11 is 0. The van der Waals surface area contributed by atoms with Gasteiger partial charge in [0.1, 0.15) is 0 Å². The number of carbonyl (C=O) groups is 2. The molecule has 0 unspecified atom stereocenters. The van der Waals surface area contributed by atoms with E-state index in [1.165, 1.54) is 0 Å². The Bertz CT molecular complexity index is 622. The van der Waals surface area contributed by atoms with Crippen molar-refractivity contribution in [2.45, 2.75) is 27.7 Å². The molecule has 1 heterocycles. The van der Waals surface area contributed by atoms with Crippen LogP contribution in [0.3, 0.4) is 0 Å². The quantitative estimate of drug-likeness (QED) is 0.697. The third-order valence-electron chi connectivity index (χ3n) is 5.32. The summed E-state index contributed by atoms with van der Waals surface area (Å²) in [7, 11) is 0. The average molecular weight is 375 g/mol. The number of hydrogen-bond donors (Lipinski definition) is 0. The number of rotatable bonds is 8. The van der Waals surface area contributed by atoms with Crippen molar-refractivity contribution in [3.63, 3.8) is 0 Å². The number of benzene rings is 1. The van der Waals surface area contributed by atoms with E-state index in [0.717, 1.165) is 50.5 Å². The first-order valence-corrected chi connectivity index (χ1v) is 10.1. The SMILES string of the molecule is CCN(CC)C(=O)CN1CCN(CC(=O)N(CC)c2ccccc2C)CC1. The standard InChI is InChI=1S/C21H34N4O2/c1-5-24(6-2)20(26)16-22-12-14-23(15-13-22)17-21(27)25(7-3)19-11-9-8-10-18(19)4/h8-11H,5-7,12-17H2,1-4H3. The first-order chi connectivity index (χ1) is 13.0. The Morgan fingerprint density at radius 1 is 0.852 bits per heavy atom. The van der Waals surface area contributed by atoms with Gasteiger partial charge in [-0.2, -0.15) is 0 Å². The molecule has 1 saturated heterocycles. The van der Waals surface area contributed by atoms with Gasteiger partial charge in [0.15, 0.2) is 0 Å².